The van der Waals surface area contributed by atoms with Crippen LogP contribution in [0.4, 0.5) is 4.39 Å². The number of halogens is 3. The van der Waals surface area contributed by atoms with Crippen LogP contribution in [0, 0.1) is 5.82 Å². The van der Waals surface area contributed by atoms with Gasteiger partial charge in [-0.2, -0.15) is 0 Å². The van der Waals surface area contributed by atoms with Crippen molar-refractivity contribution in [3.63, 3.8) is 0 Å². The van der Waals surface area contributed by atoms with Gasteiger partial charge in [0.25, 0.3) is 0 Å². The molecule has 0 amide bonds. The maximum absolute atomic E-state index is 12.9. The van der Waals surface area contributed by atoms with Crippen molar-refractivity contribution in [1.29, 1.82) is 0 Å². The van der Waals surface area contributed by atoms with Crippen LogP contribution < -0.4 is 4.74 Å². The zero-order valence-corrected chi connectivity index (χ0v) is 12.7. The third kappa shape index (κ3) is 4.32. The number of benzene rings is 2. The summed E-state index contributed by atoms with van der Waals surface area (Å²) in [6.45, 7) is -0.0363. The molecule has 2 nitrogen and oxygen atoms in total. The minimum atomic E-state index is -0.342. The molecule has 0 aromatic heterocycles. The van der Waals surface area contributed by atoms with Crippen molar-refractivity contribution < 1.29 is 13.9 Å². The second-order valence-corrected chi connectivity index (χ2v) is 5.48. The Morgan fingerprint density at radius 1 is 1.20 bits per heavy atom. The number of carbonyl (C=O) groups is 1. The number of Topliss-reactive ketones (excluding diaryl/α,β-unsaturated/α-hetero) is 1. The molecule has 0 aliphatic carbocycles. The van der Waals surface area contributed by atoms with Crippen molar-refractivity contribution in [2.24, 2.45) is 0 Å². The molecule has 20 heavy (non-hydrogen) atoms. The second kappa shape index (κ2) is 6.86. The molecular weight excluding hydrogens is 347 g/mol. The minimum Gasteiger partial charge on any atom is -0.486 e. The first-order valence-corrected chi connectivity index (χ1v) is 7.05. The summed E-state index contributed by atoms with van der Waals surface area (Å²) in [4.78, 5) is 11.8. The van der Waals surface area contributed by atoms with E-state index in [4.69, 9.17) is 16.3 Å². The van der Waals surface area contributed by atoms with Gasteiger partial charge in [-0.15, -0.1) is 0 Å². The van der Waals surface area contributed by atoms with Gasteiger partial charge in [-0.3, -0.25) is 4.79 Å². The monoisotopic (exact) mass is 356 g/mol. The molecule has 0 N–H and O–H groups in total. The van der Waals surface area contributed by atoms with Crippen LogP contribution in [0.3, 0.4) is 0 Å². The van der Waals surface area contributed by atoms with E-state index in [1.807, 2.05) is 0 Å². The van der Waals surface area contributed by atoms with E-state index in [-0.39, 0.29) is 24.6 Å². The van der Waals surface area contributed by atoms with Gasteiger partial charge in [0.15, 0.2) is 5.78 Å². The summed E-state index contributed by atoms with van der Waals surface area (Å²) >= 11 is 8.99. The van der Waals surface area contributed by atoms with Crippen LogP contribution in [0.5, 0.6) is 5.75 Å². The van der Waals surface area contributed by atoms with Gasteiger partial charge in [-0.05, 0) is 42.0 Å². The van der Waals surface area contributed by atoms with Crippen molar-refractivity contribution in [1.82, 2.24) is 0 Å². The highest BCUT2D eigenvalue weighted by Crippen LogP contribution is 2.19. The molecule has 0 fully saturated rings. The summed E-state index contributed by atoms with van der Waals surface area (Å²) in [6.07, 6.45) is 0.189. The molecule has 0 radical (unpaired) electrons. The first kappa shape index (κ1) is 15.0. The molecule has 0 spiro atoms. The van der Waals surface area contributed by atoms with Crippen molar-refractivity contribution in [2.45, 2.75) is 6.42 Å². The van der Waals surface area contributed by atoms with E-state index >= 15 is 0 Å². The molecule has 5 heteroatoms. The van der Waals surface area contributed by atoms with E-state index in [1.165, 1.54) is 12.1 Å². The molecule has 2 aromatic rings. The lowest BCUT2D eigenvalue weighted by molar-refractivity contribution is -0.120. The summed E-state index contributed by atoms with van der Waals surface area (Å²) in [5, 5.41) is 0.610. The number of hydrogen-bond acceptors (Lipinski definition) is 2. The normalized spacial score (nSPS) is 10.3. The Morgan fingerprint density at radius 3 is 2.55 bits per heavy atom. The largest absolute Gasteiger partial charge is 0.486 e. The lowest BCUT2D eigenvalue weighted by Crippen LogP contribution is -2.14. The number of ether oxygens (including phenoxy) is 1. The van der Waals surface area contributed by atoms with Gasteiger partial charge in [0.05, 0.1) is 0 Å². The molecule has 0 aliphatic rings. The van der Waals surface area contributed by atoms with Gasteiger partial charge in [-0.25, -0.2) is 4.39 Å². The Hall–Kier alpha value is -1.39. The van der Waals surface area contributed by atoms with E-state index in [2.05, 4.69) is 15.9 Å². The molecule has 0 atom stereocenters. The molecule has 0 heterocycles. The fraction of sp³-hybridized carbons (Fsp3) is 0.133. The van der Waals surface area contributed by atoms with Crippen LogP contribution in [0.15, 0.2) is 46.9 Å². The zero-order chi connectivity index (χ0) is 14.5. The SMILES string of the molecule is O=C(COc1ccc(Cl)cc1)Cc1ccc(F)cc1Br. The predicted molar refractivity (Wildman–Crippen MR) is 79.8 cm³/mol. The average Bonchev–Trinajstić information content (AvgIpc) is 2.41. The van der Waals surface area contributed by atoms with Gasteiger partial charge in [0, 0.05) is 15.9 Å². The van der Waals surface area contributed by atoms with E-state index in [9.17, 15) is 9.18 Å². The van der Waals surface area contributed by atoms with Gasteiger partial charge in [-0.1, -0.05) is 33.6 Å². The molecule has 2 rings (SSSR count). The maximum atomic E-state index is 12.9. The molecule has 104 valence electrons. The molecule has 0 aliphatic heterocycles. The lowest BCUT2D eigenvalue weighted by Gasteiger charge is -2.07. The molecule has 0 unspecified atom stereocenters. The fourth-order valence-electron chi connectivity index (χ4n) is 1.62. The topological polar surface area (TPSA) is 26.3 Å². The van der Waals surface area contributed by atoms with Gasteiger partial charge >= 0.3 is 0 Å². The van der Waals surface area contributed by atoms with Gasteiger partial charge in [0.1, 0.15) is 18.2 Å². The third-order valence-corrected chi connectivity index (χ3v) is 3.61. The predicted octanol–water partition coefficient (Wildman–Crippen LogP) is 4.43. The average molecular weight is 358 g/mol. The van der Waals surface area contributed by atoms with E-state index in [0.717, 1.165) is 5.56 Å². The molecule has 2 aromatic carbocycles. The third-order valence-electron chi connectivity index (χ3n) is 2.62. The summed E-state index contributed by atoms with van der Waals surface area (Å²) < 4.78 is 18.9. The number of carbonyl (C=O) groups excluding carboxylic acids is 1. The van der Waals surface area contributed by atoms with Crippen LogP contribution in [0.2, 0.25) is 5.02 Å². The number of hydrogen-bond donors (Lipinski definition) is 0. The van der Waals surface area contributed by atoms with Crippen LogP contribution in [0.1, 0.15) is 5.56 Å². The van der Waals surface area contributed by atoms with E-state index < -0.39 is 0 Å². The Morgan fingerprint density at radius 2 is 1.90 bits per heavy atom. The lowest BCUT2D eigenvalue weighted by atomic mass is 10.1. The van der Waals surface area contributed by atoms with Crippen molar-refractivity contribution in [2.75, 3.05) is 6.61 Å². The smallest absolute Gasteiger partial charge is 0.174 e. The van der Waals surface area contributed by atoms with Crippen molar-refractivity contribution in [3.8, 4) is 5.75 Å². The zero-order valence-electron chi connectivity index (χ0n) is 10.4. The Kier molecular flexibility index (Phi) is 5.15. The fourth-order valence-corrected chi connectivity index (χ4v) is 2.24. The van der Waals surface area contributed by atoms with Gasteiger partial charge in [0.2, 0.25) is 0 Å². The van der Waals surface area contributed by atoms with Crippen molar-refractivity contribution in [3.05, 3.63) is 63.3 Å². The summed E-state index contributed by atoms with van der Waals surface area (Å²) in [5.74, 6) is 0.152. The Balaban J connectivity index is 1.90. The summed E-state index contributed by atoms with van der Waals surface area (Å²) in [6, 6.07) is 11.0. The second-order valence-electron chi connectivity index (χ2n) is 4.19. The molecular formula is C15H11BrClFO2. The Bertz CT molecular complexity index is 614. The Labute approximate surface area is 129 Å². The van der Waals surface area contributed by atoms with E-state index in [0.29, 0.717) is 15.2 Å². The number of rotatable bonds is 5. The van der Waals surface area contributed by atoms with Crippen molar-refractivity contribution >= 4 is 33.3 Å². The first-order valence-electron chi connectivity index (χ1n) is 5.88. The molecule has 0 saturated carbocycles. The summed E-state index contributed by atoms with van der Waals surface area (Å²) in [7, 11) is 0. The first-order chi connectivity index (χ1) is 9.54. The standard InChI is InChI=1S/C15H11BrClFO2/c16-15-8-12(18)4-1-10(15)7-13(19)9-20-14-5-2-11(17)3-6-14/h1-6,8H,7,9H2. The minimum absolute atomic E-state index is 0.0363. The highest BCUT2D eigenvalue weighted by atomic mass is 79.9. The molecule has 0 saturated heterocycles. The maximum Gasteiger partial charge on any atom is 0.174 e. The van der Waals surface area contributed by atoms with E-state index in [1.54, 1.807) is 30.3 Å². The van der Waals surface area contributed by atoms with Crippen LogP contribution in [-0.4, -0.2) is 12.4 Å². The summed E-state index contributed by atoms with van der Waals surface area (Å²) in [5.41, 5.74) is 0.733. The van der Waals surface area contributed by atoms with Gasteiger partial charge < -0.3 is 4.74 Å². The van der Waals surface area contributed by atoms with Crippen LogP contribution in [-0.2, 0) is 11.2 Å². The highest BCUT2D eigenvalue weighted by Gasteiger charge is 2.08. The highest BCUT2D eigenvalue weighted by molar-refractivity contribution is 9.10. The van der Waals surface area contributed by atoms with Crippen LogP contribution >= 0.6 is 27.5 Å². The quantitative estimate of drug-likeness (QED) is 0.791. The van der Waals surface area contributed by atoms with Crippen LogP contribution in [0.25, 0.3) is 0 Å². The number of ketones is 1. The molecule has 0 bridgehead atoms.